The van der Waals surface area contributed by atoms with E-state index in [0.717, 1.165) is 11.4 Å². The molecule has 0 aromatic heterocycles. The number of para-hydroxylation sites is 2. The van der Waals surface area contributed by atoms with Gasteiger partial charge in [-0.25, -0.2) is 4.79 Å². The maximum absolute atomic E-state index is 12.5. The van der Waals surface area contributed by atoms with Crippen molar-refractivity contribution in [3.8, 4) is 17.2 Å². The highest BCUT2D eigenvalue weighted by atomic mass is 16.6. The largest absolute Gasteiger partial charge is 0.497 e. The third-order valence-corrected chi connectivity index (χ3v) is 5.18. The van der Waals surface area contributed by atoms with Gasteiger partial charge in [0, 0.05) is 31.9 Å². The number of methoxy groups -OCH3 is 1. The maximum Gasteiger partial charge on any atom is 0.351 e. The third kappa shape index (κ3) is 4.42. The SMILES string of the molecule is COc1ccc(N2CCN(C(=O)COC(=O)C3COc4ccccc4O3)CC2)cc1. The maximum atomic E-state index is 12.5. The Morgan fingerprint density at radius 1 is 1.00 bits per heavy atom. The molecular weight excluding hydrogens is 388 g/mol. The second-order valence-electron chi connectivity index (χ2n) is 7.04. The summed E-state index contributed by atoms with van der Waals surface area (Å²) in [5.74, 6) is 1.08. The van der Waals surface area contributed by atoms with E-state index in [1.807, 2.05) is 30.3 Å². The van der Waals surface area contributed by atoms with Crippen molar-refractivity contribution in [3.63, 3.8) is 0 Å². The molecule has 8 nitrogen and oxygen atoms in total. The minimum atomic E-state index is -0.875. The van der Waals surface area contributed by atoms with Crippen LogP contribution in [0.3, 0.4) is 0 Å². The second-order valence-corrected chi connectivity index (χ2v) is 7.04. The van der Waals surface area contributed by atoms with Crippen LogP contribution in [0.15, 0.2) is 48.5 Å². The Kier molecular flexibility index (Phi) is 5.92. The zero-order valence-electron chi connectivity index (χ0n) is 16.8. The Hall–Kier alpha value is -3.42. The van der Waals surface area contributed by atoms with Gasteiger partial charge in [-0.05, 0) is 36.4 Å². The summed E-state index contributed by atoms with van der Waals surface area (Å²) < 4.78 is 21.5. The van der Waals surface area contributed by atoms with Crippen LogP contribution in [0.25, 0.3) is 0 Å². The molecule has 0 radical (unpaired) electrons. The smallest absolute Gasteiger partial charge is 0.351 e. The molecule has 8 heteroatoms. The molecule has 2 aliphatic rings. The normalized spacial score (nSPS) is 18.0. The minimum Gasteiger partial charge on any atom is -0.497 e. The molecule has 2 heterocycles. The van der Waals surface area contributed by atoms with E-state index in [-0.39, 0.29) is 19.1 Å². The number of nitrogens with zero attached hydrogens (tertiary/aromatic N) is 2. The van der Waals surface area contributed by atoms with Gasteiger partial charge in [-0.15, -0.1) is 0 Å². The van der Waals surface area contributed by atoms with Crippen molar-refractivity contribution in [3.05, 3.63) is 48.5 Å². The summed E-state index contributed by atoms with van der Waals surface area (Å²) in [5, 5.41) is 0. The second kappa shape index (κ2) is 8.94. The van der Waals surface area contributed by atoms with Crippen molar-refractivity contribution in [1.29, 1.82) is 0 Å². The van der Waals surface area contributed by atoms with Crippen LogP contribution in [-0.2, 0) is 14.3 Å². The predicted octanol–water partition coefficient (Wildman–Crippen LogP) is 1.73. The molecule has 0 spiro atoms. The summed E-state index contributed by atoms with van der Waals surface area (Å²) in [4.78, 5) is 28.6. The van der Waals surface area contributed by atoms with E-state index in [0.29, 0.717) is 37.7 Å². The number of piperazine rings is 1. The van der Waals surface area contributed by atoms with Gasteiger partial charge in [0.1, 0.15) is 12.4 Å². The number of carbonyl (C=O) groups excluding carboxylic acids is 2. The summed E-state index contributed by atoms with van der Waals surface area (Å²) in [6, 6.07) is 15.0. The molecule has 0 N–H and O–H groups in total. The number of anilines is 1. The molecule has 158 valence electrons. The van der Waals surface area contributed by atoms with Crippen molar-refractivity contribution in [2.24, 2.45) is 0 Å². The van der Waals surface area contributed by atoms with Gasteiger partial charge < -0.3 is 28.7 Å². The van der Waals surface area contributed by atoms with Crippen LogP contribution in [0.1, 0.15) is 0 Å². The molecule has 4 rings (SSSR count). The zero-order valence-corrected chi connectivity index (χ0v) is 16.8. The van der Waals surface area contributed by atoms with Crippen LogP contribution in [0.5, 0.6) is 17.2 Å². The molecule has 0 aliphatic carbocycles. The molecule has 1 fully saturated rings. The number of esters is 1. The van der Waals surface area contributed by atoms with Crippen molar-refractivity contribution in [2.75, 3.05) is 51.4 Å². The number of carbonyl (C=O) groups is 2. The fraction of sp³-hybridized carbons (Fsp3) is 0.364. The molecule has 0 saturated carbocycles. The molecule has 2 aromatic carbocycles. The standard InChI is InChI=1S/C22H24N2O6/c1-27-17-8-6-16(7-9-17)23-10-12-24(13-11-23)21(25)15-29-22(26)20-14-28-18-4-2-3-5-19(18)30-20/h2-9,20H,10-15H2,1H3. The van der Waals surface area contributed by atoms with Gasteiger partial charge in [0.15, 0.2) is 18.1 Å². The van der Waals surface area contributed by atoms with E-state index >= 15 is 0 Å². The van der Waals surface area contributed by atoms with Crippen LogP contribution in [0.4, 0.5) is 5.69 Å². The summed E-state index contributed by atoms with van der Waals surface area (Å²) >= 11 is 0. The Bertz CT molecular complexity index is 893. The number of amides is 1. The first-order chi connectivity index (χ1) is 14.6. The number of hydrogen-bond donors (Lipinski definition) is 0. The minimum absolute atomic E-state index is 0.0601. The van der Waals surface area contributed by atoms with E-state index in [1.165, 1.54) is 0 Å². The summed E-state index contributed by atoms with van der Waals surface area (Å²) in [7, 11) is 1.64. The van der Waals surface area contributed by atoms with Crippen LogP contribution in [0.2, 0.25) is 0 Å². The Labute approximate surface area is 174 Å². The van der Waals surface area contributed by atoms with Gasteiger partial charge >= 0.3 is 5.97 Å². The van der Waals surface area contributed by atoms with Gasteiger partial charge in [-0.2, -0.15) is 0 Å². The molecule has 2 aliphatic heterocycles. The topological polar surface area (TPSA) is 77.5 Å². The molecule has 1 amide bonds. The van der Waals surface area contributed by atoms with Gasteiger partial charge in [-0.3, -0.25) is 4.79 Å². The Balaban J connectivity index is 1.23. The fourth-order valence-electron chi connectivity index (χ4n) is 3.46. The van der Waals surface area contributed by atoms with E-state index < -0.39 is 12.1 Å². The quantitative estimate of drug-likeness (QED) is 0.692. The first-order valence-corrected chi connectivity index (χ1v) is 9.86. The highest BCUT2D eigenvalue weighted by molar-refractivity contribution is 5.82. The van der Waals surface area contributed by atoms with Crippen molar-refractivity contribution in [1.82, 2.24) is 4.90 Å². The lowest BCUT2D eigenvalue weighted by molar-refractivity contribution is -0.160. The summed E-state index contributed by atoms with van der Waals surface area (Å²) in [5.41, 5.74) is 1.09. The zero-order chi connectivity index (χ0) is 20.9. The van der Waals surface area contributed by atoms with Crippen molar-refractivity contribution >= 4 is 17.6 Å². The summed E-state index contributed by atoms with van der Waals surface area (Å²) in [6.07, 6.45) is -0.875. The van der Waals surface area contributed by atoms with Gasteiger partial charge in [-0.1, -0.05) is 12.1 Å². The van der Waals surface area contributed by atoms with E-state index in [9.17, 15) is 9.59 Å². The molecule has 1 unspecified atom stereocenters. The average molecular weight is 412 g/mol. The molecule has 30 heavy (non-hydrogen) atoms. The fourth-order valence-corrected chi connectivity index (χ4v) is 3.46. The number of hydrogen-bond acceptors (Lipinski definition) is 7. The lowest BCUT2D eigenvalue weighted by atomic mass is 10.2. The number of rotatable bonds is 5. The van der Waals surface area contributed by atoms with Crippen LogP contribution in [0, 0.1) is 0 Å². The van der Waals surface area contributed by atoms with E-state index in [1.54, 1.807) is 30.2 Å². The van der Waals surface area contributed by atoms with Crippen LogP contribution in [-0.4, -0.2) is 69.4 Å². The lowest BCUT2D eigenvalue weighted by Crippen LogP contribution is -2.50. The molecule has 1 atom stereocenters. The Morgan fingerprint density at radius 2 is 1.70 bits per heavy atom. The van der Waals surface area contributed by atoms with E-state index in [2.05, 4.69) is 4.90 Å². The summed E-state index contributed by atoms with van der Waals surface area (Å²) in [6.45, 7) is 2.32. The monoisotopic (exact) mass is 412 g/mol. The van der Waals surface area contributed by atoms with Crippen molar-refractivity contribution < 1.29 is 28.5 Å². The lowest BCUT2D eigenvalue weighted by Gasteiger charge is -2.36. The third-order valence-electron chi connectivity index (χ3n) is 5.18. The number of ether oxygens (including phenoxy) is 4. The highest BCUT2D eigenvalue weighted by Gasteiger charge is 2.30. The van der Waals surface area contributed by atoms with Gasteiger partial charge in [0.2, 0.25) is 6.10 Å². The van der Waals surface area contributed by atoms with Gasteiger partial charge in [0.05, 0.1) is 7.11 Å². The van der Waals surface area contributed by atoms with E-state index in [4.69, 9.17) is 18.9 Å². The highest BCUT2D eigenvalue weighted by Crippen LogP contribution is 2.31. The molecule has 1 saturated heterocycles. The molecular formula is C22H24N2O6. The number of fused-ring (bicyclic) bond motifs is 1. The molecule has 0 bridgehead atoms. The molecule has 2 aromatic rings. The average Bonchev–Trinajstić information content (AvgIpc) is 2.82. The van der Waals surface area contributed by atoms with Gasteiger partial charge in [0.25, 0.3) is 5.91 Å². The van der Waals surface area contributed by atoms with Crippen molar-refractivity contribution in [2.45, 2.75) is 6.10 Å². The number of benzene rings is 2. The first kappa shape index (κ1) is 19.9. The first-order valence-electron chi connectivity index (χ1n) is 9.86. The van der Waals surface area contributed by atoms with Crippen LogP contribution < -0.4 is 19.1 Å². The predicted molar refractivity (Wildman–Crippen MR) is 109 cm³/mol. The Morgan fingerprint density at radius 3 is 2.40 bits per heavy atom. The van der Waals surface area contributed by atoms with Crippen LogP contribution >= 0.6 is 0 Å².